The molecule has 1 fully saturated rings. The topological polar surface area (TPSA) is 16.9 Å². The summed E-state index contributed by atoms with van der Waals surface area (Å²) in [7, 11) is 1.72. The number of halogens is 1. The zero-order valence-electron chi connectivity index (χ0n) is 12.9. The van der Waals surface area contributed by atoms with Crippen LogP contribution in [-0.2, 0) is 6.54 Å². The van der Waals surface area contributed by atoms with E-state index in [0.29, 0.717) is 0 Å². The molecule has 0 atom stereocenters. The van der Waals surface area contributed by atoms with Crippen molar-refractivity contribution < 1.29 is 9.64 Å². The van der Waals surface area contributed by atoms with E-state index in [0.717, 1.165) is 43.5 Å². The monoisotopic (exact) mass is 317 g/mol. The zero-order valence-corrected chi connectivity index (χ0v) is 13.6. The van der Waals surface area contributed by atoms with Crippen molar-refractivity contribution in [1.29, 1.82) is 0 Å². The maximum absolute atomic E-state index is 5.96. The summed E-state index contributed by atoms with van der Waals surface area (Å²) < 4.78 is 5.30. The molecule has 2 aromatic carbocycles. The number of quaternary nitrogens is 1. The van der Waals surface area contributed by atoms with E-state index in [-0.39, 0.29) is 0 Å². The molecule has 1 N–H and O–H groups in total. The maximum atomic E-state index is 5.96. The number of rotatable bonds is 4. The number of ether oxygens (including phenoxy) is 1. The van der Waals surface area contributed by atoms with E-state index in [1.807, 2.05) is 18.2 Å². The molecule has 2 aromatic rings. The van der Waals surface area contributed by atoms with Crippen LogP contribution in [0, 0.1) is 0 Å². The average Bonchev–Trinajstić information content (AvgIpc) is 2.57. The van der Waals surface area contributed by atoms with E-state index in [4.69, 9.17) is 16.3 Å². The number of methoxy groups -OCH3 is 1. The molecule has 0 saturated carbocycles. The maximum Gasteiger partial charge on any atom is 0.119 e. The van der Waals surface area contributed by atoms with Gasteiger partial charge in [0.15, 0.2) is 0 Å². The number of hydrogen-bond donors (Lipinski definition) is 1. The number of nitrogens with one attached hydrogen (secondary N) is 1. The van der Waals surface area contributed by atoms with Crippen LogP contribution in [-0.4, -0.2) is 33.3 Å². The summed E-state index contributed by atoms with van der Waals surface area (Å²) in [5, 5.41) is 0.797. The van der Waals surface area contributed by atoms with Gasteiger partial charge in [0.1, 0.15) is 12.3 Å². The Morgan fingerprint density at radius 3 is 2.50 bits per heavy atom. The molecule has 0 unspecified atom stereocenters. The largest absolute Gasteiger partial charge is 0.497 e. The number of benzene rings is 2. The quantitative estimate of drug-likeness (QED) is 0.931. The summed E-state index contributed by atoms with van der Waals surface area (Å²) in [5.74, 6) is 0.941. The minimum absolute atomic E-state index is 0.797. The van der Waals surface area contributed by atoms with Crippen molar-refractivity contribution in [1.82, 2.24) is 0 Å². The summed E-state index contributed by atoms with van der Waals surface area (Å²) >= 11 is 5.96. The van der Waals surface area contributed by atoms with Crippen molar-refractivity contribution in [3.63, 3.8) is 0 Å². The van der Waals surface area contributed by atoms with Crippen LogP contribution >= 0.6 is 11.6 Å². The number of hydrogen-bond acceptors (Lipinski definition) is 2. The van der Waals surface area contributed by atoms with Crippen molar-refractivity contribution in [3.05, 3.63) is 59.1 Å². The van der Waals surface area contributed by atoms with Gasteiger partial charge < -0.3 is 14.5 Å². The van der Waals surface area contributed by atoms with Gasteiger partial charge in [0.05, 0.1) is 33.3 Å². The van der Waals surface area contributed by atoms with Crippen molar-refractivity contribution in [3.8, 4) is 5.75 Å². The van der Waals surface area contributed by atoms with Gasteiger partial charge in [-0.05, 0) is 36.4 Å². The van der Waals surface area contributed by atoms with Gasteiger partial charge in [-0.15, -0.1) is 0 Å². The third-order valence-electron chi connectivity index (χ3n) is 4.25. The average molecular weight is 318 g/mol. The van der Waals surface area contributed by atoms with Crippen molar-refractivity contribution in [2.24, 2.45) is 0 Å². The lowest BCUT2D eigenvalue weighted by Gasteiger charge is -2.33. The van der Waals surface area contributed by atoms with Gasteiger partial charge in [0, 0.05) is 16.3 Å². The molecule has 0 spiro atoms. The van der Waals surface area contributed by atoms with Crippen LogP contribution in [0.4, 0.5) is 5.69 Å². The Bertz CT molecular complexity index is 607. The number of nitrogens with zero attached hydrogens (tertiary/aromatic N) is 1. The molecule has 1 saturated heterocycles. The minimum Gasteiger partial charge on any atom is -0.497 e. The van der Waals surface area contributed by atoms with E-state index in [1.54, 1.807) is 12.0 Å². The second-order valence-corrected chi connectivity index (χ2v) is 6.18. The Balaban J connectivity index is 1.56. The second-order valence-electron chi connectivity index (χ2n) is 5.74. The fourth-order valence-electron chi connectivity index (χ4n) is 2.98. The SMILES string of the molecule is COc1cccc(C[NH+]2CCN(c3ccc(Cl)cc3)CC2)c1. The first-order chi connectivity index (χ1) is 10.7. The van der Waals surface area contributed by atoms with Crippen LogP contribution in [0.1, 0.15) is 5.56 Å². The molecule has 22 heavy (non-hydrogen) atoms. The van der Waals surface area contributed by atoms with Crippen LogP contribution in [0.25, 0.3) is 0 Å². The Morgan fingerprint density at radius 2 is 1.82 bits per heavy atom. The highest BCUT2D eigenvalue weighted by Crippen LogP contribution is 2.18. The fourth-order valence-corrected chi connectivity index (χ4v) is 3.11. The molecule has 3 nitrogen and oxygen atoms in total. The van der Waals surface area contributed by atoms with Crippen LogP contribution in [0.2, 0.25) is 5.02 Å². The summed E-state index contributed by atoms with van der Waals surface area (Å²) in [6.45, 7) is 5.53. The van der Waals surface area contributed by atoms with E-state index in [1.165, 1.54) is 11.3 Å². The van der Waals surface area contributed by atoms with Crippen molar-refractivity contribution in [2.45, 2.75) is 6.54 Å². The molecule has 4 heteroatoms. The van der Waals surface area contributed by atoms with Gasteiger partial charge in [-0.2, -0.15) is 0 Å². The summed E-state index contributed by atoms with van der Waals surface area (Å²) in [5.41, 5.74) is 2.61. The lowest BCUT2D eigenvalue weighted by molar-refractivity contribution is -0.914. The molecule has 1 aliphatic heterocycles. The second kappa shape index (κ2) is 7.03. The van der Waals surface area contributed by atoms with Crippen LogP contribution < -0.4 is 14.5 Å². The highest BCUT2D eigenvalue weighted by Gasteiger charge is 2.20. The molecule has 0 amide bonds. The van der Waals surface area contributed by atoms with Gasteiger partial charge in [0.25, 0.3) is 0 Å². The van der Waals surface area contributed by atoms with Gasteiger partial charge in [-0.1, -0.05) is 23.7 Å². The molecule has 116 valence electrons. The molecule has 3 rings (SSSR count). The highest BCUT2D eigenvalue weighted by molar-refractivity contribution is 6.30. The molecule has 0 bridgehead atoms. The first-order valence-corrected chi connectivity index (χ1v) is 8.09. The minimum atomic E-state index is 0.797. The van der Waals surface area contributed by atoms with Crippen LogP contribution in [0.3, 0.4) is 0 Å². The Kier molecular flexibility index (Phi) is 4.86. The highest BCUT2D eigenvalue weighted by atomic mass is 35.5. The summed E-state index contributed by atoms with van der Waals surface area (Å²) in [4.78, 5) is 4.06. The van der Waals surface area contributed by atoms with E-state index >= 15 is 0 Å². The lowest BCUT2D eigenvalue weighted by Crippen LogP contribution is -3.13. The molecule has 0 radical (unpaired) electrons. The molecule has 0 aliphatic carbocycles. The van der Waals surface area contributed by atoms with Gasteiger partial charge in [-0.3, -0.25) is 0 Å². The van der Waals surface area contributed by atoms with Gasteiger partial charge >= 0.3 is 0 Å². The number of anilines is 1. The lowest BCUT2D eigenvalue weighted by atomic mass is 10.2. The molecule has 0 aromatic heterocycles. The molecular formula is C18H22ClN2O+. The van der Waals surface area contributed by atoms with E-state index < -0.39 is 0 Å². The van der Waals surface area contributed by atoms with Gasteiger partial charge in [0.2, 0.25) is 0 Å². The third-order valence-corrected chi connectivity index (χ3v) is 4.50. The molecular weight excluding hydrogens is 296 g/mol. The van der Waals surface area contributed by atoms with E-state index in [2.05, 4.69) is 35.2 Å². The predicted molar refractivity (Wildman–Crippen MR) is 91.1 cm³/mol. The van der Waals surface area contributed by atoms with E-state index in [9.17, 15) is 0 Å². The smallest absolute Gasteiger partial charge is 0.119 e. The summed E-state index contributed by atoms with van der Waals surface area (Å²) in [6.07, 6.45) is 0. The van der Waals surface area contributed by atoms with Crippen molar-refractivity contribution in [2.75, 3.05) is 38.2 Å². The Hall–Kier alpha value is -1.71. The zero-order chi connectivity index (χ0) is 15.4. The normalized spacial score (nSPS) is 15.8. The third kappa shape index (κ3) is 3.73. The molecule has 1 aliphatic rings. The standard InChI is InChI=1S/C18H21ClN2O/c1-22-18-4-2-3-15(13-18)14-20-9-11-21(12-10-20)17-7-5-16(19)6-8-17/h2-8,13H,9-12,14H2,1H3/p+1. The number of piperazine rings is 1. The predicted octanol–water partition coefficient (Wildman–Crippen LogP) is 2.25. The first kappa shape index (κ1) is 15.2. The Morgan fingerprint density at radius 1 is 1.09 bits per heavy atom. The van der Waals surface area contributed by atoms with Crippen molar-refractivity contribution >= 4 is 17.3 Å². The van der Waals surface area contributed by atoms with Gasteiger partial charge in [-0.25, -0.2) is 0 Å². The van der Waals surface area contributed by atoms with Crippen LogP contribution in [0.5, 0.6) is 5.75 Å². The Labute approximate surface area is 137 Å². The first-order valence-electron chi connectivity index (χ1n) is 7.71. The summed E-state index contributed by atoms with van der Waals surface area (Å²) in [6, 6.07) is 16.5. The fraction of sp³-hybridized carbons (Fsp3) is 0.333. The molecule has 1 heterocycles. The van der Waals surface area contributed by atoms with Crippen LogP contribution in [0.15, 0.2) is 48.5 Å².